The summed E-state index contributed by atoms with van der Waals surface area (Å²) in [6.07, 6.45) is 1.53. The Balaban J connectivity index is 1.71. The SMILES string of the molecule is C=CC(=O)Nc1ccccc1Nc1ncc2c(n1)N(CC(O)CO)C(=O)N(c1cc(OC)cc(OC)c1)C2. The van der Waals surface area contributed by atoms with Gasteiger partial charge in [0.1, 0.15) is 17.3 Å². The van der Waals surface area contributed by atoms with Crippen LogP contribution < -0.4 is 29.9 Å². The Bertz CT molecular complexity index is 1330. The van der Waals surface area contributed by atoms with Crippen LogP contribution in [-0.4, -0.2) is 65.6 Å². The predicted octanol–water partition coefficient (Wildman–Crippen LogP) is 2.66. The van der Waals surface area contributed by atoms with E-state index in [0.717, 1.165) is 6.08 Å². The monoisotopic (exact) mass is 520 g/mol. The van der Waals surface area contributed by atoms with Crippen molar-refractivity contribution in [2.24, 2.45) is 0 Å². The molecule has 0 spiro atoms. The minimum Gasteiger partial charge on any atom is -0.497 e. The number of urea groups is 1. The highest BCUT2D eigenvalue weighted by molar-refractivity contribution is 6.06. The average Bonchev–Trinajstić information content (AvgIpc) is 2.94. The van der Waals surface area contributed by atoms with Gasteiger partial charge in [0.05, 0.1) is 57.1 Å². The van der Waals surface area contributed by atoms with Crippen LogP contribution in [0.15, 0.2) is 61.3 Å². The number of methoxy groups -OCH3 is 2. The highest BCUT2D eigenvalue weighted by Crippen LogP contribution is 2.35. The number of β-amino-alcohol motifs (C(OH)–C–C–N with tert-alkyl or cyclic N) is 1. The lowest BCUT2D eigenvalue weighted by molar-refractivity contribution is -0.111. The van der Waals surface area contributed by atoms with Crippen molar-refractivity contribution in [1.82, 2.24) is 9.97 Å². The van der Waals surface area contributed by atoms with Crippen LogP contribution in [0.1, 0.15) is 5.56 Å². The quantitative estimate of drug-likeness (QED) is 0.296. The zero-order valence-electron chi connectivity index (χ0n) is 20.9. The molecule has 12 nitrogen and oxygen atoms in total. The summed E-state index contributed by atoms with van der Waals surface area (Å²) in [7, 11) is 3.03. The molecule has 2 aromatic carbocycles. The zero-order chi connectivity index (χ0) is 27.2. The second-order valence-electron chi connectivity index (χ2n) is 8.29. The number of anilines is 5. The largest absolute Gasteiger partial charge is 0.497 e. The van der Waals surface area contributed by atoms with Crippen molar-refractivity contribution in [2.45, 2.75) is 12.6 Å². The van der Waals surface area contributed by atoms with Gasteiger partial charge in [-0.3, -0.25) is 14.6 Å². The Labute approximate surface area is 219 Å². The number of hydrogen-bond acceptors (Lipinski definition) is 9. The van der Waals surface area contributed by atoms with E-state index in [1.165, 1.54) is 24.0 Å². The van der Waals surface area contributed by atoms with Crippen molar-refractivity contribution in [3.05, 3.63) is 66.9 Å². The number of rotatable bonds is 10. The number of aliphatic hydroxyl groups is 2. The molecule has 0 saturated heterocycles. The molecule has 0 radical (unpaired) electrons. The standard InChI is InChI=1S/C26H28N6O6/c1-4-23(35)28-21-7-5-6-8-22(21)29-25-27-12-16-13-31(17-9-19(37-2)11-20(10-17)38-3)26(36)32(24(16)30-25)14-18(34)15-33/h4-12,18,33-34H,1,13-15H2,2-3H3,(H,28,35)(H,27,29,30). The molecule has 198 valence electrons. The third-order valence-electron chi connectivity index (χ3n) is 5.76. The van der Waals surface area contributed by atoms with E-state index in [9.17, 15) is 19.8 Å². The summed E-state index contributed by atoms with van der Waals surface area (Å²) in [5.74, 6) is 1.06. The molecular formula is C26H28N6O6. The van der Waals surface area contributed by atoms with Gasteiger partial charge < -0.3 is 30.3 Å². The van der Waals surface area contributed by atoms with Gasteiger partial charge in [-0.05, 0) is 18.2 Å². The van der Waals surface area contributed by atoms with E-state index in [-0.39, 0.29) is 30.8 Å². The molecular weight excluding hydrogens is 492 g/mol. The van der Waals surface area contributed by atoms with Crippen molar-refractivity contribution in [1.29, 1.82) is 0 Å². The summed E-state index contributed by atoms with van der Waals surface area (Å²) < 4.78 is 10.7. The van der Waals surface area contributed by atoms with Gasteiger partial charge in [0.2, 0.25) is 11.9 Å². The molecule has 3 aromatic rings. The first-order chi connectivity index (χ1) is 18.4. The smallest absolute Gasteiger partial charge is 0.330 e. The molecule has 4 rings (SSSR count). The number of para-hydroxylation sites is 2. The maximum Gasteiger partial charge on any atom is 0.330 e. The van der Waals surface area contributed by atoms with Crippen LogP contribution in [0.5, 0.6) is 11.5 Å². The molecule has 1 aliphatic rings. The van der Waals surface area contributed by atoms with E-state index >= 15 is 0 Å². The molecule has 4 N–H and O–H groups in total. The summed E-state index contributed by atoms with van der Waals surface area (Å²) in [5, 5.41) is 25.5. The topological polar surface area (TPSA) is 149 Å². The number of nitrogens with one attached hydrogen (secondary N) is 2. The predicted molar refractivity (Wildman–Crippen MR) is 142 cm³/mol. The summed E-state index contributed by atoms with van der Waals surface area (Å²) in [5.41, 5.74) is 2.13. The van der Waals surface area contributed by atoms with Gasteiger partial charge in [-0.2, -0.15) is 4.98 Å². The van der Waals surface area contributed by atoms with E-state index in [1.807, 2.05) is 0 Å². The van der Waals surface area contributed by atoms with Crippen LogP contribution in [0.2, 0.25) is 0 Å². The van der Waals surface area contributed by atoms with Gasteiger partial charge in [-0.15, -0.1) is 0 Å². The maximum absolute atomic E-state index is 13.7. The Kier molecular flexibility index (Phi) is 8.04. The van der Waals surface area contributed by atoms with Gasteiger partial charge >= 0.3 is 6.03 Å². The molecule has 0 aliphatic carbocycles. The van der Waals surface area contributed by atoms with E-state index in [4.69, 9.17) is 9.47 Å². The summed E-state index contributed by atoms with van der Waals surface area (Å²) in [6, 6.07) is 11.6. The van der Waals surface area contributed by atoms with Crippen LogP contribution in [0.3, 0.4) is 0 Å². The first kappa shape index (κ1) is 26.4. The van der Waals surface area contributed by atoms with Gasteiger partial charge in [0, 0.05) is 30.0 Å². The normalized spacial score (nSPS) is 13.4. The van der Waals surface area contributed by atoms with Gasteiger partial charge in [-0.25, -0.2) is 9.78 Å². The molecule has 1 aliphatic heterocycles. The van der Waals surface area contributed by atoms with Crippen LogP contribution in [-0.2, 0) is 11.3 Å². The Morgan fingerprint density at radius 1 is 1.18 bits per heavy atom. The van der Waals surface area contributed by atoms with Gasteiger partial charge in [-0.1, -0.05) is 18.7 Å². The van der Waals surface area contributed by atoms with E-state index in [1.54, 1.807) is 48.7 Å². The van der Waals surface area contributed by atoms with Crippen LogP contribution in [0.4, 0.5) is 33.6 Å². The average molecular weight is 521 g/mol. The van der Waals surface area contributed by atoms with Crippen LogP contribution >= 0.6 is 0 Å². The fourth-order valence-electron chi connectivity index (χ4n) is 3.87. The third kappa shape index (κ3) is 5.66. The number of ether oxygens (including phenoxy) is 2. The van der Waals surface area contributed by atoms with Crippen molar-refractivity contribution >= 4 is 40.8 Å². The molecule has 0 saturated carbocycles. The molecule has 12 heteroatoms. The van der Waals surface area contributed by atoms with Crippen molar-refractivity contribution in [2.75, 3.05) is 47.8 Å². The number of hydrogen-bond donors (Lipinski definition) is 4. The maximum atomic E-state index is 13.7. The molecule has 1 aromatic heterocycles. The molecule has 0 bridgehead atoms. The highest BCUT2D eigenvalue weighted by Gasteiger charge is 2.34. The molecule has 2 heterocycles. The number of amides is 3. The van der Waals surface area contributed by atoms with Crippen LogP contribution in [0, 0.1) is 0 Å². The first-order valence-corrected chi connectivity index (χ1v) is 11.6. The summed E-state index contributed by atoms with van der Waals surface area (Å²) >= 11 is 0. The fraction of sp³-hybridized carbons (Fsp3) is 0.231. The molecule has 1 unspecified atom stereocenters. The van der Waals surface area contributed by atoms with E-state index in [0.29, 0.717) is 34.1 Å². The lowest BCUT2D eigenvalue weighted by Gasteiger charge is -2.37. The minimum atomic E-state index is -1.20. The summed E-state index contributed by atoms with van der Waals surface area (Å²) in [4.78, 5) is 37.2. The molecule has 38 heavy (non-hydrogen) atoms. The highest BCUT2D eigenvalue weighted by atomic mass is 16.5. The molecule has 3 amide bonds. The Morgan fingerprint density at radius 3 is 2.50 bits per heavy atom. The van der Waals surface area contributed by atoms with Crippen molar-refractivity contribution < 1.29 is 29.3 Å². The first-order valence-electron chi connectivity index (χ1n) is 11.6. The Morgan fingerprint density at radius 2 is 1.87 bits per heavy atom. The lowest BCUT2D eigenvalue weighted by atomic mass is 10.1. The number of aliphatic hydroxyl groups excluding tert-OH is 2. The fourth-order valence-corrected chi connectivity index (χ4v) is 3.87. The van der Waals surface area contributed by atoms with E-state index < -0.39 is 18.7 Å². The van der Waals surface area contributed by atoms with Crippen molar-refractivity contribution in [3.8, 4) is 11.5 Å². The van der Waals surface area contributed by atoms with Gasteiger partial charge in [0.25, 0.3) is 0 Å². The third-order valence-corrected chi connectivity index (χ3v) is 5.76. The molecule has 1 atom stereocenters. The number of aromatic nitrogens is 2. The number of nitrogens with zero attached hydrogens (tertiary/aromatic N) is 4. The zero-order valence-corrected chi connectivity index (χ0v) is 20.9. The summed E-state index contributed by atoms with van der Waals surface area (Å²) in [6.45, 7) is 2.85. The number of carbonyl (C=O) groups excluding carboxylic acids is 2. The Hall–Kier alpha value is -4.68. The number of benzene rings is 2. The van der Waals surface area contributed by atoms with Crippen molar-refractivity contribution in [3.63, 3.8) is 0 Å². The van der Waals surface area contributed by atoms with E-state index in [2.05, 4.69) is 27.2 Å². The van der Waals surface area contributed by atoms with Gasteiger partial charge in [0.15, 0.2) is 0 Å². The number of fused-ring (bicyclic) bond motifs is 1. The lowest BCUT2D eigenvalue weighted by Crippen LogP contribution is -2.51. The number of carbonyl (C=O) groups is 2. The second kappa shape index (κ2) is 11.6. The minimum absolute atomic E-state index is 0.141. The van der Waals surface area contributed by atoms with Crippen LogP contribution in [0.25, 0.3) is 0 Å². The molecule has 0 fully saturated rings. The second-order valence-corrected chi connectivity index (χ2v) is 8.29.